The van der Waals surface area contributed by atoms with Gasteiger partial charge in [-0.25, -0.2) is 0 Å². The highest BCUT2D eigenvalue weighted by atomic mass is 16.6. The van der Waals surface area contributed by atoms with Gasteiger partial charge in [-0.15, -0.1) is 0 Å². The Hall–Kier alpha value is -1.62. The normalized spacial score (nSPS) is 16.5. The Bertz CT molecular complexity index is 428. The third kappa shape index (κ3) is 3.20. The van der Waals surface area contributed by atoms with E-state index >= 15 is 0 Å². The van der Waals surface area contributed by atoms with Crippen LogP contribution in [0.3, 0.4) is 0 Å². The number of hydrogen-bond acceptors (Lipinski definition) is 4. The van der Waals surface area contributed by atoms with Crippen molar-refractivity contribution in [3.8, 4) is 5.75 Å². The highest BCUT2D eigenvalue weighted by Gasteiger charge is 2.18. The molecular weight excluding hydrogens is 232 g/mol. The third-order valence-corrected chi connectivity index (χ3v) is 3.25. The quantitative estimate of drug-likeness (QED) is 0.657. The minimum Gasteiger partial charge on any atom is -0.487 e. The molecule has 0 aromatic heterocycles. The summed E-state index contributed by atoms with van der Waals surface area (Å²) in [5.74, 6) is 0.880. The number of nitro benzene ring substituents is 1. The van der Waals surface area contributed by atoms with E-state index in [2.05, 4.69) is 5.32 Å². The maximum absolute atomic E-state index is 10.9. The summed E-state index contributed by atoms with van der Waals surface area (Å²) < 4.78 is 5.65. The Balaban J connectivity index is 2.03. The van der Waals surface area contributed by atoms with E-state index in [9.17, 15) is 10.1 Å². The van der Waals surface area contributed by atoms with Crippen LogP contribution in [-0.2, 0) is 0 Å². The Kier molecular flexibility index (Phi) is 4.15. The molecule has 1 N–H and O–H groups in total. The number of nitrogens with zero attached hydrogens (tertiary/aromatic N) is 1. The molecule has 98 valence electrons. The maximum Gasteiger partial charge on any atom is 0.310 e. The minimum atomic E-state index is -0.392. The van der Waals surface area contributed by atoms with E-state index in [1.54, 1.807) is 12.1 Å². The van der Waals surface area contributed by atoms with Crippen molar-refractivity contribution < 1.29 is 9.66 Å². The van der Waals surface area contributed by atoms with Gasteiger partial charge in [-0.1, -0.05) is 6.07 Å². The van der Waals surface area contributed by atoms with Gasteiger partial charge in [0.05, 0.1) is 11.5 Å². The Morgan fingerprint density at radius 1 is 1.44 bits per heavy atom. The molecule has 0 atom stereocenters. The lowest BCUT2D eigenvalue weighted by molar-refractivity contribution is -0.385. The summed E-state index contributed by atoms with van der Waals surface area (Å²) in [6, 6.07) is 4.97. The second kappa shape index (κ2) is 5.82. The third-order valence-electron chi connectivity index (χ3n) is 3.25. The summed E-state index contributed by atoms with van der Waals surface area (Å²) in [7, 11) is 0. The molecule has 0 aliphatic carbocycles. The molecule has 1 fully saturated rings. The molecule has 1 aromatic carbocycles. The lowest BCUT2D eigenvalue weighted by Gasteiger charge is -2.22. The van der Waals surface area contributed by atoms with Crippen LogP contribution in [0.25, 0.3) is 0 Å². The minimum absolute atomic E-state index is 0.0505. The molecule has 5 heteroatoms. The summed E-state index contributed by atoms with van der Waals surface area (Å²) >= 11 is 0. The van der Waals surface area contributed by atoms with E-state index in [0.717, 1.165) is 31.5 Å². The van der Waals surface area contributed by atoms with Crippen LogP contribution in [-0.4, -0.2) is 24.6 Å². The average Bonchev–Trinajstić information content (AvgIpc) is 2.37. The van der Waals surface area contributed by atoms with E-state index < -0.39 is 4.92 Å². The van der Waals surface area contributed by atoms with Gasteiger partial charge in [0.15, 0.2) is 5.75 Å². The molecule has 0 bridgehead atoms. The predicted molar refractivity (Wildman–Crippen MR) is 68.9 cm³/mol. The molecule has 1 aromatic rings. The van der Waals surface area contributed by atoms with E-state index in [1.165, 1.54) is 6.07 Å². The Morgan fingerprint density at radius 3 is 2.83 bits per heavy atom. The van der Waals surface area contributed by atoms with Gasteiger partial charge in [0.1, 0.15) is 0 Å². The molecule has 1 saturated heterocycles. The average molecular weight is 250 g/mol. The van der Waals surface area contributed by atoms with Crippen molar-refractivity contribution in [2.24, 2.45) is 5.92 Å². The van der Waals surface area contributed by atoms with Crippen LogP contribution in [0, 0.1) is 23.0 Å². The van der Waals surface area contributed by atoms with Crippen molar-refractivity contribution in [1.29, 1.82) is 0 Å². The van der Waals surface area contributed by atoms with Gasteiger partial charge in [-0.05, 0) is 50.4 Å². The second-order valence-corrected chi connectivity index (χ2v) is 4.73. The molecule has 5 nitrogen and oxygen atoms in total. The number of hydrogen-bond donors (Lipinski definition) is 1. The Labute approximate surface area is 106 Å². The fraction of sp³-hybridized carbons (Fsp3) is 0.538. The first-order valence-electron chi connectivity index (χ1n) is 6.25. The van der Waals surface area contributed by atoms with Crippen molar-refractivity contribution >= 4 is 5.69 Å². The smallest absolute Gasteiger partial charge is 0.310 e. The van der Waals surface area contributed by atoms with Gasteiger partial charge in [0.2, 0.25) is 0 Å². The number of rotatable bonds is 4. The van der Waals surface area contributed by atoms with Crippen LogP contribution in [0.15, 0.2) is 18.2 Å². The molecule has 0 spiro atoms. The highest BCUT2D eigenvalue weighted by Crippen LogP contribution is 2.28. The number of piperidine rings is 1. The van der Waals surface area contributed by atoms with Crippen LogP contribution in [0.5, 0.6) is 5.75 Å². The van der Waals surface area contributed by atoms with Crippen LogP contribution < -0.4 is 10.1 Å². The fourth-order valence-corrected chi connectivity index (χ4v) is 2.14. The number of aryl methyl sites for hydroxylation is 1. The summed E-state index contributed by atoms with van der Waals surface area (Å²) in [6.07, 6.45) is 2.14. The van der Waals surface area contributed by atoms with E-state index in [4.69, 9.17) is 4.74 Å². The summed E-state index contributed by atoms with van der Waals surface area (Å²) in [5, 5.41) is 14.2. The number of nitro groups is 1. The molecule has 0 saturated carbocycles. The zero-order valence-electron chi connectivity index (χ0n) is 10.5. The molecule has 2 rings (SSSR count). The van der Waals surface area contributed by atoms with Gasteiger partial charge in [0, 0.05) is 6.07 Å². The van der Waals surface area contributed by atoms with Gasteiger partial charge in [-0.3, -0.25) is 10.1 Å². The van der Waals surface area contributed by atoms with E-state index in [1.807, 2.05) is 6.92 Å². The first-order chi connectivity index (χ1) is 8.66. The second-order valence-electron chi connectivity index (χ2n) is 4.73. The van der Waals surface area contributed by atoms with Crippen LogP contribution >= 0.6 is 0 Å². The van der Waals surface area contributed by atoms with Gasteiger partial charge < -0.3 is 10.1 Å². The van der Waals surface area contributed by atoms with Crippen molar-refractivity contribution in [3.05, 3.63) is 33.9 Å². The summed E-state index contributed by atoms with van der Waals surface area (Å²) in [6.45, 7) is 4.47. The van der Waals surface area contributed by atoms with Crippen LogP contribution in [0.4, 0.5) is 5.69 Å². The standard InChI is InChI=1S/C13H18N2O3/c1-10-2-3-12(15(16)17)13(8-10)18-9-11-4-6-14-7-5-11/h2-3,8,11,14H,4-7,9H2,1H3. The number of nitrogens with one attached hydrogen (secondary N) is 1. The maximum atomic E-state index is 10.9. The summed E-state index contributed by atoms with van der Waals surface area (Å²) in [4.78, 5) is 10.5. The van der Waals surface area contributed by atoms with E-state index in [0.29, 0.717) is 18.3 Å². The van der Waals surface area contributed by atoms with Crippen LogP contribution in [0.1, 0.15) is 18.4 Å². The SMILES string of the molecule is Cc1ccc([N+](=O)[O-])c(OCC2CCNCC2)c1. The lowest BCUT2D eigenvalue weighted by atomic mass is 9.99. The van der Waals surface area contributed by atoms with Crippen LogP contribution in [0.2, 0.25) is 0 Å². The van der Waals surface area contributed by atoms with Gasteiger partial charge >= 0.3 is 5.69 Å². The molecule has 1 aliphatic rings. The van der Waals surface area contributed by atoms with Gasteiger partial charge in [0.25, 0.3) is 0 Å². The molecule has 0 amide bonds. The molecular formula is C13H18N2O3. The predicted octanol–water partition coefficient (Wildman–Crippen LogP) is 2.28. The monoisotopic (exact) mass is 250 g/mol. The molecule has 18 heavy (non-hydrogen) atoms. The topological polar surface area (TPSA) is 64.4 Å². The Morgan fingerprint density at radius 2 is 2.17 bits per heavy atom. The zero-order chi connectivity index (χ0) is 13.0. The van der Waals surface area contributed by atoms with Crippen molar-refractivity contribution in [3.63, 3.8) is 0 Å². The first kappa shape index (κ1) is 12.8. The summed E-state index contributed by atoms with van der Waals surface area (Å²) in [5.41, 5.74) is 1.02. The number of ether oxygens (including phenoxy) is 1. The largest absolute Gasteiger partial charge is 0.487 e. The zero-order valence-corrected chi connectivity index (χ0v) is 10.5. The fourth-order valence-electron chi connectivity index (χ4n) is 2.14. The van der Waals surface area contributed by atoms with Crippen molar-refractivity contribution in [2.45, 2.75) is 19.8 Å². The molecule has 0 radical (unpaired) electrons. The lowest BCUT2D eigenvalue weighted by Crippen LogP contribution is -2.30. The highest BCUT2D eigenvalue weighted by molar-refractivity contribution is 5.48. The molecule has 1 aliphatic heterocycles. The number of benzene rings is 1. The first-order valence-corrected chi connectivity index (χ1v) is 6.25. The van der Waals surface area contributed by atoms with Crippen molar-refractivity contribution in [1.82, 2.24) is 5.32 Å². The molecule has 1 heterocycles. The molecule has 0 unspecified atom stereocenters. The van der Waals surface area contributed by atoms with E-state index in [-0.39, 0.29) is 5.69 Å². The van der Waals surface area contributed by atoms with Crippen molar-refractivity contribution in [2.75, 3.05) is 19.7 Å². The van der Waals surface area contributed by atoms with Gasteiger partial charge in [-0.2, -0.15) is 0 Å².